The van der Waals surface area contributed by atoms with E-state index in [-0.39, 0.29) is 5.60 Å². The van der Waals surface area contributed by atoms with E-state index in [1.54, 1.807) is 7.11 Å². The predicted octanol–water partition coefficient (Wildman–Crippen LogP) is 3.72. The third-order valence-electron chi connectivity index (χ3n) is 4.27. The lowest BCUT2D eigenvalue weighted by atomic mass is 10.0. The van der Waals surface area contributed by atoms with Crippen molar-refractivity contribution in [3.05, 3.63) is 59.2 Å². The van der Waals surface area contributed by atoms with Crippen LogP contribution in [0.5, 0.6) is 11.5 Å². The van der Waals surface area contributed by atoms with Gasteiger partial charge in [-0.1, -0.05) is 24.3 Å². The molecule has 0 aromatic heterocycles. The fourth-order valence-corrected chi connectivity index (χ4v) is 3.07. The fourth-order valence-electron chi connectivity index (χ4n) is 3.07. The van der Waals surface area contributed by atoms with Crippen LogP contribution in [-0.4, -0.2) is 25.9 Å². The van der Waals surface area contributed by atoms with Gasteiger partial charge < -0.3 is 19.5 Å². The molecule has 2 aromatic rings. The largest absolute Gasteiger partial charge is 0.491 e. The molecule has 2 aromatic carbocycles. The molecule has 0 radical (unpaired) electrons. The van der Waals surface area contributed by atoms with E-state index in [1.165, 1.54) is 16.7 Å². The van der Waals surface area contributed by atoms with Crippen LogP contribution in [0.3, 0.4) is 0 Å². The lowest BCUT2D eigenvalue weighted by Gasteiger charge is -2.16. The van der Waals surface area contributed by atoms with Crippen LogP contribution >= 0.6 is 0 Å². The maximum Gasteiger partial charge on any atom is 0.123 e. The summed E-state index contributed by atoms with van der Waals surface area (Å²) in [6, 6.07) is 14.7. The lowest BCUT2D eigenvalue weighted by molar-refractivity contribution is 0.138. The molecule has 0 spiro atoms. The number of nitrogens with one attached hydrogen (secondary N) is 1. The molecule has 4 heteroatoms. The normalized spacial score (nSPS) is 14.8. The average molecular weight is 341 g/mol. The van der Waals surface area contributed by atoms with E-state index in [0.29, 0.717) is 13.2 Å². The van der Waals surface area contributed by atoms with Crippen molar-refractivity contribution in [2.45, 2.75) is 39.0 Å². The maximum atomic E-state index is 5.93. The van der Waals surface area contributed by atoms with E-state index in [0.717, 1.165) is 31.0 Å². The number of methoxy groups -OCH3 is 1. The molecule has 0 unspecified atom stereocenters. The molecule has 0 atom stereocenters. The van der Waals surface area contributed by atoms with E-state index >= 15 is 0 Å². The van der Waals surface area contributed by atoms with Gasteiger partial charge in [0.25, 0.3) is 0 Å². The molecular weight excluding hydrogens is 314 g/mol. The Bertz CT molecular complexity index is 695. The summed E-state index contributed by atoms with van der Waals surface area (Å²) in [7, 11) is 1.67. The summed E-state index contributed by atoms with van der Waals surface area (Å²) >= 11 is 0. The molecule has 4 nitrogen and oxygen atoms in total. The zero-order valence-electron chi connectivity index (χ0n) is 15.3. The third-order valence-corrected chi connectivity index (χ3v) is 4.27. The lowest BCUT2D eigenvalue weighted by Crippen LogP contribution is -2.24. The zero-order valence-corrected chi connectivity index (χ0v) is 15.3. The number of benzene rings is 2. The summed E-state index contributed by atoms with van der Waals surface area (Å²) in [5.74, 6) is 1.90. The topological polar surface area (TPSA) is 39.7 Å². The van der Waals surface area contributed by atoms with E-state index in [4.69, 9.17) is 14.2 Å². The first kappa shape index (κ1) is 17.8. The Kier molecular flexibility index (Phi) is 5.61. The minimum atomic E-state index is -0.0819. The number of fused-ring (bicyclic) bond motifs is 1. The van der Waals surface area contributed by atoms with Crippen LogP contribution in [0.15, 0.2) is 42.5 Å². The first-order chi connectivity index (χ1) is 12.1. The van der Waals surface area contributed by atoms with Gasteiger partial charge in [0.05, 0.1) is 6.61 Å². The minimum Gasteiger partial charge on any atom is -0.491 e. The van der Waals surface area contributed by atoms with E-state index < -0.39 is 0 Å². The Morgan fingerprint density at radius 3 is 2.48 bits per heavy atom. The summed E-state index contributed by atoms with van der Waals surface area (Å²) < 4.78 is 16.5. The van der Waals surface area contributed by atoms with Crippen molar-refractivity contribution in [2.75, 3.05) is 20.3 Å². The summed E-state index contributed by atoms with van der Waals surface area (Å²) in [5.41, 5.74) is 3.76. The van der Waals surface area contributed by atoms with Gasteiger partial charge in [0.1, 0.15) is 23.7 Å². The van der Waals surface area contributed by atoms with Crippen LogP contribution < -0.4 is 14.8 Å². The predicted molar refractivity (Wildman–Crippen MR) is 99.2 cm³/mol. The molecule has 1 heterocycles. The minimum absolute atomic E-state index is 0.0819. The van der Waals surface area contributed by atoms with Gasteiger partial charge in [-0.15, -0.1) is 0 Å². The van der Waals surface area contributed by atoms with Gasteiger partial charge in [-0.3, -0.25) is 0 Å². The average Bonchev–Trinajstić information content (AvgIpc) is 2.89. The van der Waals surface area contributed by atoms with E-state index in [1.807, 2.05) is 12.1 Å². The molecule has 1 aliphatic heterocycles. The van der Waals surface area contributed by atoms with Crippen molar-refractivity contribution in [2.24, 2.45) is 0 Å². The van der Waals surface area contributed by atoms with Gasteiger partial charge in [-0.05, 0) is 48.7 Å². The molecule has 0 bridgehead atoms. The van der Waals surface area contributed by atoms with Crippen molar-refractivity contribution in [3.8, 4) is 11.5 Å². The Hall–Kier alpha value is -2.04. The van der Waals surface area contributed by atoms with Crippen LogP contribution in [-0.2, 0) is 24.2 Å². The molecule has 3 rings (SSSR count). The summed E-state index contributed by atoms with van der Waals surface area (Å²) in [6.07, 6.45) is 0.973. The van der Waals surface area contributed by atoms with Crippen molar-refractivity contribution in [1.82, 2.24) is 5.32 Å². The van der Waals surface area contributed by atoms with Crippen LogP contribution in [0.2, 0.25) is 0 Å². The zero-order chi connectivity index (χ0) is 17.7. The molecule has 134 valence electrons. The Morgan fingerprint density at radius 1 is 1.00 bits per heavy atom. The molecule has 25 heavy (non-hydrogen) atoms. The molecule has 0 saturated heterocycles. The second-order valence-corrected chi connectivity index (χ2v) is 7.07. The van der Waals surface area contributed by atoms with Crippen LogP contribution in [0.25, 0.3) is 0 Å². The van der Waals surface area contributed by atoms with Crippen LogP contribution in [0.4, 0.5) is 0 Å². The van der Waals surface area contributed by atoms with Gasteiger partial charge >= 0.3 is 0 Å². The highest BCUT2D eigenvalue weighted by Crippen LogP contribution is 2.35. The van der Waals surface area contributed by atoms with Gasteiger partial charge in [0.15, 0.2) is 0 Å². The van der Waals surface area contributed by atoms with Crippen LogP contribution in [0.1, 0.15) is 30.5 Å². The van der Waals surface area contributed by atoms with Gasteiger partial charge in [0.2, 0.25) is 0 Å². The molecule has 0 fully saturated rings. The fraction of sp³-hybridized carbons (Fsp3) is 0.429. The molecule has 0 saturated carbocycles. The monoisotopic (exact) mass is 341 g/mol. The summed E-state index contributed by atoms with van der Waals surface area (Å²) in [4.78, 5) is 0. The first-order valence-corrected chi connectivity index (χ1v) is 8.78. The van der Waals surface area contributed by atoms with E-state index in [2.05, 4.69) is 49.5 Å². The van der Waals surface area contributed by atoms with Crippen molar-refractivity contribution in [1.29, 1.82) is 0 Å². The van der Waals surface area contributed by atoms with E-state index in [9.17, 15) is 0 Å². The SMILES string of the molecule is COCCOc1ccc(CNCc2ccc3c(c2)CC(C)(C)O3)cc1. The highest BCUT2D eigenvalue weighted by Gasteiger charge is 2.29. The highest BCUT2D eigenvalue weighted by molar-refractivity contribution is 5.41. The molecular formula is C21H27NO3. The second-order valence-electron chi connectivity index (χ2n) is 7.07. The second kappa shape index (κ2) is 7.89. The standard InChI is InChI=1S/C21H27NO3/c1-21(2)13-18-12-17(6-9-20(18)25-21)15-22-14-16-4-7-19(8-5-16)24-11-10-23-3/h4-9,12,22H,10-11,13-15H2,1-3H3. The number of ether oxygens (including phenoxy) is 3. The molecule has 0 aliphatic carbocycles. The Morgan fingerprint density at radius 2 is 1.72 bits per heavy atom. The smallest absolute Gasteiger partial charge is 0.123 e. The van der Waals surface area contributed by atoms with Crippen molar-refractivity contribution >= 4 is 0 Å². The number of hydrogen-bond donors (Lipinski definition) is 1. The Balaban J connectivity index is 1.47. The summed E-state index contributed by atoms with van der Waals surface area (Å²) in [5, 5.41) is 3.50. The molecule has 1 aliphatic rings. The first-order valence-electron chi connectivity index (χ1n) is 8.78. The maximum absolute atomic E-state index is 5.93. The van der Waals surface area contributed by atoms with Gasteiger partial charge in [-0.2, -0.15) is 0 Å². The highest BCUT2D eigenvalue weighted by atomic mass is 16.5. The number of rotatable bonds is 8. The quantitative estimate of drug-likeness (QED) is 0.743. The Labute approximate surface area is 150 Å². The number of hydrogen-bond acceptors (Lipinski definition) is 4. The van der Waals surface area contributed by atoms with Gasteiger partial charge in [-0.25, -0.2) is 0 Å². The molecule has 1 N–H and O–H groups in total. The van der Waals surface area contributed by atoms with Crippen molar-refractivity contribution < 1.29 is 14.2 Å². The molecule has 0 amide bonds. The summed E-state index contributed by atoms with van der Waals surface area (Å²) in [6.45, 7) is 7.12. The van der Waals surface area contributed by atoms with Gasteiger partial charge in [0, 0.05) is 26.6 Å². The third kappa shape index (κ3) is 4.97. The van der Waals surface area contributed by atoms with Crippen molar-refractivity contribution in [3.63, 3.8) is 0 Å². The van der Waals surface area contributed by atoms with Crippen LogP contribution in [0, 0.1) is 0 Å².